The van der Waals surface area contributed by atoms with Gasteiger partial charge in [0.1, 0.15) is 0 Å². The predicted molar refractivity (Wildman–Crippen MR) is 73.6 cm³/mol. The van der Waals surface area contributed by atoms with Crippen LogP contribution in [0, 0.1) is 0 Å². The van der Waals surface area contributed by atoms with Crippen LogP contribution < -0.4 is 5.73 Å². The third-order valence-electron chi connectivity index (χ3n) is 3.90. The van der Waals surface area contributed by atoms with Gasteiger partial charge in [-0.05, 0) is 18.9 Å². The molecule has 5 nitrogen and oxygen atoms in total. The Bertz CT molecular complexity index is 536. The molecule has 0 aliphatic heterocycles. The van der Waals surface area contributed by atoms with Crippen molar-refractivity contribution in [2.45, 2.75) is 44.2 Å². The summed E-state index contributed by atoms with van der Waals surface area (Å²) < 4.78 is 4.04. The first-order valence-electron chi connectivity index (χ1n) is 7.00. The molecule has 0 amide bonds. The van der Waals surface area contributed by atoms with Crippen molar-refractivity contribution in [2.75, 3.05) is 0 Å². The number of nitrogens with two attached hydrogens (primary N) is 1. The first-order chi connectivity index (χ1) is 9.22. The van der Waals surface area contributed by atoms with Gasteiger partial charge in [-0.25, -0.2) is 4.98 Å². The molecule has 1 fully saturated rings. The minimum atomic E-state index is -0.0758. The standard InChI is InChI=1S/C14H21N5/c1-18-9-14(16-10-18)13(15)8-11-6-7-19(17-11)12-4-2-3-5-12/h6-7,9-10,12-13H,2-5,8,15H2,1H3. The maximum atomic E-state index is 6.18. The van der Waals surface area contributed by atoms with Crippen LogP contribution in [0.4, 0.5) is 0 Å². The Kier molecular flexibility index (Phi) is 3.38. The molecule has 1 unspecified atom stereocenters. The zero-order valence-electron chi connectivity index (χ0n) is 11.4. The molecule has 1 atom stereocenters. The van der Waals surface area contributed by atoms with Crippen LogP contribution in [0.3, 0.4) is 0 Å². The number of nitrogens with zero attached hydrogens (tertiary/aromatic N) is 4. The summed E-state index contributed by atoms with van der Waals surface area (Å²) in [6, 6.07) is 2.61. The molecule has 2 aromatic heterocycles. The molecule has 5 heteroatoms. The minimum absolute atomic E-state index is 0.0758. The van der Waals surface area contributed by atoms with Crippen molar-refractivity contribution in [1.82, 2.24) is 19.3 Å². The Labute approximate surface area is 113 Å². The summed E-state index contributed by atoms with van der Waals surface area (Å²) in [5.41, 5.74) is 8.17. The highest BCUT2D eigenvalue weighted by atomic mass is 15.3. The molecule has 19 heavy (non-hydrogen) atoms. The average molecular weight is 259 g/mol. The van der Waals surface area contributed by atoms with Crippen LogP contribution in [0.15, 0.2) is 24.8 Å². The van der Waals surface area contributed by atoms with E-state index in [-0.39, 0.29) is 6.04 Å². The van der Waals surface area contributed by atoms with Gasteiger partial charge in [0.2, 0.25) is 0 Å². The second-order valence-corrected chi connectivity index (χ2v) is 5.50. The fourth-order valence-electron chi connectivity index (χ4n) is 2.81. The van der Waals surface area contributed by atoms with Crippen molar-refractivity contribution >= 4 is 0 Å². The SMILES string of the molecule is Cn1cnc(C(N)Cc2ccn(C3CCCC3)n2)c1. The van der Waals surface area contributed by atoms with Gasteiger partial charge in [0.15, 0.2) is 0 Å². The largest absolute Gasteiger partial charge is 0.340 e. The molecule has 2 N–H and O–H groups in total. The van der Waals surface area contributed by atoms with E-state index in [1.165, 1.54) is 25.7 Å². The molecule has 1 saturated carbocycles. The van der Waals surface area contributed by atoms with E-state index < -0.39 is 0 Å². The van der Waals surface area contributed by atoms with Crippen LogP contribution >= 0.6 is 0 Å². The Balaban J connectivity index is 1.66. The smallest absolute Gasteiger partial charge is 0.0947 e. The lowest BCUT2D eigenvalue weighted by Gasteiger charge is -2.09. The quantitative estimate of drug-likeness (QED) is 0.913. The summed E-state index contributed by atoms with van der Waals surface area (Å²) in [6.07, 6.45) is 11.8. The fraction of sp³-hybridized carbons (Fsp3) is 0.571. The molecule has 0 saturated heterocycles. The first kappa shape index (κ1) is 12.4. The highest BCUT2D eigenvalue weighted by Gasteiger charge is 2.18. The first-order valence-corrected chi connectivity index (χ1v) is 7.00. The molecule has 2 heterocycles. The lowest BCUT2D eigenvalue weighted by Crippen LogP contribution is -2.14. The van der Waals surface area contributed by atoms with Gasteiger partial charge in [-0.3, -0.25) is 4.68 Å². The minimum Gasteiger partial charge on any atom is -0.340 e. The summed E-state index contributed by atoms with van der Waals surface area (Å²) in [7, 11) is 1.96. The highest BCUT2D eigenvalue weighted by molar-refractivity contribution is 5.09. The van der Waals surface area contributed by atoms with Crippen LogP contribution in [-0.4, -0.2) is 19.3 Å². The van der Waals surface area contributed by atoms with Crippen LogP contribution in [0.5, 0.6) is 0 Å². The Hall–Kier alpha value is -1.62. The van der Waals surface area contributed by atoms with E-state index in [0.717, 1.165) is 17.8 Å². The van der Waals surface area contributed by atoms with E-state index in [1.54, 1.807) is 6.33 Å². The van der Waals surface area contributed by atoms with Crippen LogP contribution in [0.25, 0.3) is 0 Å². The van der Waals surface area contributed by atoms with Crippen molar-refractivity contribution in [1.29, 1.82) is 0 Å². The Morgan fingerprint density at radius 1 is 1.42 bits per heavy atom. The van der Waals surface area contributed by atoms with E-state index in [2.05, 4.69) is 27.0 Å². The molecule has 0 spiro atoms. The monoisotopic (exact) mass is 259 g/mol. The van der Waals surface area contributed by atoms with Gasteiger partial charge in [0, 0.05) is 25.9 Å². The van der Waals surface area contributed by atoms with Gasteiger partial charge in [-0.1, -0.05) is 12.8 Å². The van der Waals surface area contributed by atoms with E-state index in [1.807, 2.05) is 17.8 Å². The van der Waals surface area contributed by atoms with E-state index in [9.17, 15) is 0 Å². The number of rotatable bonds is 4. The van der Waals surface area contributed by atoms with Gasteiger partial charge in [0.25, 0.3) is 0 Å². The number of hydrogen-bond acceptors (Lipinski definition) is 3. The van der Waals surface area contributed by atoms with Crippen LogP contribution in [0.1, 0.15) is 49.2 Å². The van der Waals surface area contributed by atoms with Crippen molar-refractivity contribution in [3.8, 4) is 0 Å². The third kappa shape index (κ3) is 2.71. The van der Waals surface area contributed by atoms with Crippen molar-refractivity contribution in [3.05, 3.63) is 36.2 Å². The Morgan fingerprint density at radius 3 is 2.89 bits per heavy atom. The van der Waals surface area contributed by atoms with E-state index >= 15 is 0 Å². The van der Waals surface area contributed by atoms with Gasteiger partial charge in [-0.2, -0.15) is 5.10 Å². The zero-order chi connectivity index (χ0) is 13.2. The van der Waals surface area contributed by atoms with Crippen molar-refractivity contribution < 1.29 is 0 Å². The fourth-order valence-corrected chi connectivity index (χ4v) is 2.81. The number of imidazole rings is 1. The van der Waals surface area contributed by atoms with Gasteiger partial charge < -0.3 is 10.3 Å². The average Bonchev–Trinajstić information content (AvgIpc) is 3.07. The predicted octanol–water partition coefficient (Wildman–Crippen LogP) is 1.97. The molecular weight excluding hydrogens is 238 g/mol. The molecule has 3 rings (SSSR count). The molecule has 2 aromatic rings. The zero-order valence-corrected chi connectivity index (χ0v) is 11.4. The highest BCUT2D eigenvalue weighted by Crippen LogP contribution is 2.28. The van der Waals surface area contributed by atoms with Gasteiger partial charge >= 0.3 is 0 Å². The van der Waals surface area contributed by atoms with Crippen LogP contribution in [-0.2, 0) is 13.5 Å². The lowest BCUT2D eigenvalue weighted by molar-refractivity contribution is 0.461. The number of aryl methyl sites for hydroxylation is 1. The summed E-state index contributed by atoms with van der Waals surface area (Å²) in [5, 5.41) is 4.67. The molecule has 1 aliphatic rings. The van der Waals surface area contributed by atoms with Crippen LogP contribution in [0.2, 0.25) is 0 Å². The molecule has 0 aromatic carbocycles. The normalized spacial score (nSPS) is 18.0. The van der Waals surface area contributed by atoms with Crippen molar-refractivity contribution in [2.24, 2.45) is 12.8 Å². The molecule has 0 radical (unpaired) electrons. The van der Waals surface area contributed by atoms with E-state index in [4.69, 9.17) is 5.73 Å². The third-order valence-corrected chi connectivity index (χ3v) is 3.90. The lowest BCUT2D eigenvalue weighted by atomic mass is 10.1. The van der Waals surface area contributed by atoms with Crippen molar-refractivity contribution in [3.63, 3.8) is 0 Å². The van der Waals surface area contributed by atoms with E-state index in [0.29, 0.717) is 6.04 Å². The number of hydrogen-bond donors (Lipinski definition) is 1. The topological polar surface area (TPSA) is 61.7 Å². The summed E-state index contributed by atoms with van der Waals surface area (Å²) in [6.45, 7) is 0. The molecular formula is C14H21N5. The molecule has 1 aliphatic carbocycles. The van der Waals surface area contributed by atoms with Gasteiger partial charge in [0.05, 0.1) is 29.8 Å². The number of aromatic nitrogens is 4. The summed E-state index contributed by atoms with van der Waals surface area (Å²) in [5.74, 6) is 0. The molecule has 0 bridgehead atoms. The maximum Gasteiger partial charge on any atom is 0.0947 e. The summed E-state index contributed by atoms with van der Waals surface area (Å²) >= 11 is 0. The second kappa shape index (κ2) is 5.17. The maximum absolute atomic E-state index is 6.18. The second-order valence-electron chi connectivity index (χ2n) is 5.50. The molecule has 102 valence electrons. The summed E-state index contributed by atoms with van der Waals surface area (Å²) in [4.78, 5) is 4.30. The Morgan fingerprint density at radius 2 is 2.21 bits per heavy atom. The van der Waals surface area contributed by atoms with Gasteiger partial charge in [-0.15, -0.1) is 0 Å².